The van der Waals surface area contributed by atoms with Crippen molar-refractivity contribution in [1.82, 2.24) is 0 Å². The number of carbonyl (C=O) groups is 2. The van der Waals surface area contributed by atoms with Crippen LogP contribution in [0.25, 0.3) is 0 Å². The van der Waals surface area contributed by atoms with E-state index in [4.69, 9.17) is 14.2 Å². The van der Waals surface area contributed by atoms with Gasteiger partial charge in [0.2, 0.25) is 0 Å². The molecule has 10 heteroatoms. The molecule has 55 heavy (non-hydrogen) atoms. The molecular weight excluding hydrogens is 700 g/mol. The molecule has 5 N–H and O–H groups in total. The molecule has 1 fully saturated rings. The first-order valence-corrected chi connectivity index (χ1v) is 21.0. The van der Waals surface area contributed by atoms with Crippen molar-refractivity contribution < 1.29 is 49.3 Å². The molecule has 0 spiro atoms. The van der Waals surface area contributed by atoms with Crippen molar-refractivity contribution in [3.63, 3.8) is 0 Å². The lowest BCUT2D eigenvalue weighted by Crippen LogP contribution is -2.59. The number of hydrogen-bond acceptors (Lipinski definition) is 9. The Balaban J connectivity index is 2.55. The zero-order valence-corrected chi connectivity index (χ0v) is 33.8. The SMILES string of the molecule is CC/C=C\C/C=C\C/C=C\CCCCCCCC(=O)OC(CO[C@H]1O[C@H](CO)[C@H](O)[C@H](O)[C@H]1O)CC(CCCCCC/C=C\C/C=C\C/C=C\CC)C(=O)O. The molecule has 2 unspecified atom stereocenters. The van der Waals surface area contributed by atoms with Gasteiger partial charge in [-0.15, -0.1) is 0 Å². The van der Waals surface area contributed by atoms with Gasteiger partial charge in [0.05, 0.1) is 19.1 Å². The van der Waals surface area contributed by atoms with Gasteiger partial charge in [-0.1, -0.05) is 125 Å². The van der Waals surface area contributed by atoms with Crippen LogP contribution in [0, 0.1) is 5.92 Å². The van der Waals surface area contributed by atoms with Gasteiger partial charge >= 0.3 is 11.9 Å². The number of carbonyl (C=O) groups excluding carboxylic acids is 1. The van der Waals surface area contributed by atoms with E-state index in [9.17, 15) is 35.1 Å². The van der Waals surface area contributed by atoms with E-state index in [1.807, 2.05) is 0 Å². The highest BCUT2D eigenvalue weighted by atomic mass is 16.7. The molecule has 0 aromatic carbocycles. The number of rotatable bonds is 33. The molecule has 10 nitrogen and oxygen atoms in total. The number of aliphatic carboxylic acids is 1. The summed E-state index contributed by atoms with van der Waals surface area (Å²) in [6.45, 7) is 3.36. The maximum Gasteiger partial charge on any atom is 0.306 e. The number of aliphatic hydroxyl groups excluding tert-OH is 4. The van der Waals surface area contributed by atoms with Crippen LogP contribution < -0.4 is 0 Å². The number of carboxylic acid groups (broad SMARTS) is 1. The van der Waals surface area contributed by atoms with Gasteiger partial charge in [0.15, 0.2) is 6.29 Å². The van der Waals surface area contributed by atoms with Crippen LogP contribution in [0.2, 0.25) is 0 Å². The molecule has 0 aromatic heterocycles. The minimum absolute atomic E-state index is 0.0161. The summed E-state index contributed by atoms with van der Waals surface area (Å²) in [7, 11) is 0. The number of carboxylic acids is 1. The molecule has 0 aromatic rings. The fourth-order valence-corrected chi connectivity index (χ4v) is 6.18. The number of ether oxygens (including phenoxy) is 3. The summed E-state index contributed by atoms with van der Waals surface area (Å²) in [6, 6.07) is 0. The zero-order valence-electron chi connectivity index (χ0n) is 33.8. The largest absolute Gasteiger partial charge is 0.481 e. The fraction of sp³-hybridized carbons (Fsp3) is 0.689. The summed E-state index contributed by atoms with van der Waals surface area (Å²) < 4.78 is 16.9. The summed E-state index contributed by atoms with van der Waals surface area (Å²) in [5, 5.41) is 50.3. The Morgan fingerprint density at radius 1 is 0.636 bits per heavy atom. The summed E-state index contributed by atoms with van der Waals surface area (Å²) in [6.07, 6.45) is 34.7. The van der Waals surface area contributed by atoms with Crippen molar-refractivity contribution in [1.29, 1.82) is 0 Å². The standard InChI is InChI=1S/C45H74O10/c1-3-5-7-9-11-13-15-17-19-21-23-25-27-29-31-33-40(47)54-38(36-53-45-43(50)42(49)41(48)39(35-46)55-45)34-37(44(51)52)32-30-28-26-24-22-20-18-16-14-12-10-8-6-4-2/h5-8,11-14,17-20,37-39,41-43,45-46,48-50H,3-4,9-10,15-16,21-36H2,1-2H3,(H,51,52)/b7-5-,8-6-,13-11-,14-12-,19-17-,20-18-/t37?,38?,39-,41+,42+,43-,45+/m1/s1. The Labute approximate surface area is 331 Å². The van der Waals surface area contributed by atoms with Crippen LogP contribution in [0.3, 0.4) is 0 Å². The van der Waals surface area contributed by atoms with Crippen LogP contribution in [0.5, 0.6) is 0 Å². The molecule has 1 saturated heterocycles. The quantitative estimate of drug-likeness (QED) is 0.0248. The van der Waals surface area contributed by atoms with Gasteiger partial charge < -0.3 is 39.7 Å². The Morgan fingerprint density at radius 3 is 1.65 bits per heavy atom. The Kier molecular flexibility index (Phi) is 31.4. The summed E-state index contributed by atoms with van der Waals surface area (Å²) in [4.78, 5) is 25.2. The number of aliphatic hydroxyl groups is 4. The normalized spacial score (nSPS) is 22.0. The van der Waals surface area contributed by atoms with Gasteiger partial charge in [0, 0.05) is 6.42 Å². The lowest BCUT2D eigenvalue weighted by atomic mass is 9.94. The first-order chi connectivity index (χ1) is 26.7. The topological polar surface area (TPSA) is 163 Å². The molecule has 1 heterocycles. The Hall–Kier alpha value is -2.86. The van der Waals surface area contributed by atoms with Crippen LogP contribution in [0.15, 0.2) is 72.9 Å². The molecule has 0 bridgehead atoms. The third-order valence-electron chi connectivity index (χ3n) is 9.47. The summed E-state index contributed by atoms with van der Waals surface area (Å²) in [5.74, 6) is -2.21. The van der Waals surface area contributed by atoms with E-state index in [1.54, 1.807) is 0 Å². The second-order valence-electron chi connectivity index (χ2n) is 14.3. The van der Waals surface area contributed by atoms with Crippen molar-refractivity contribution in [3.8, 4) is 0 Å². The predicted molar refractivity (Wildman–Crippen MR) is 219 cm³/mol. The maximum atomic E-state index is 12.9. The molecule has 0 amide bonds. The molecule has 314 valence electrons. The van der Waals surface area contributed by atoms with Crippen molar-refractivity contribution >= 4 is 11.9 Å². The smallest absolute Gasteiger partial charge is 0.306 e. The van der Waals surface area contributed by atoms with Gasteiger partial charge in [-0.3, -0.25) is 9.59 Å². The molecule has 1 aliphatic heterocycles. The van der Waals surface area contributed by atoms with Crippen LogP contribution in [-0.2, 0) is 23.8 Å². The fourth-order valence-electron chi connectivity index (χ4n) is 6.18. The third kappa shape index (κ3) is 25.8. The molecule has 7 atom stereocenters. The molecule has 0 saturated carbocycles. The highest BCUT2D eigenvalue weighted by molar-refractivity contribution is 5.71. The number of esters is 1. The average molecular weight is 775 g/mol. The van der Waals surface area contributed by atoms with Gasteiger partial charge in [0.1, 0.15) is 30.5 Å². The van der Waals surface area contributed by atoms with Gasteiger partial charge in [-0.2, -0.15) is 0 Å². The molecule has 0 radical (unpaired) electrons. The number of allylic oxidation sites excluding steroid dienone is 12. The minimum atomic E-state index is -1.62. The predicted octanol–water partition coefficient (Wildman–Crippen LogP) is 8.59. The van der Waals surface area contributed by atoms with Gasteiger partial charge in [-0.05, 0) is 83.5 Å². The Morgan fingerprint density at radius 2 is 1.13 bits per heavy atom. The number of unbranched alkanes of at least 4 members (excludes halogenated alkanes) is 9. The maximum absolute atomic E-state index is 12.9. The van der Waals surface area contributed by atoms with Crippen molar-refractivity contribution in [2.24, 2.45) is 5.92 Å². The Bertz CT molecular complexity index is 1140. The van der Waals surface area contributed by atoms with E-state index in [1.165, 1.54) is 0 Å². The lowest BCUT2D eigenvalue weighted by molar-refractivity contribution is -0.305. The van der Waals surface area contributed by atoms with Crippen LogP contribution in [0.4, 0.5) is 0 Å². The van der Waals surface area contributed by atoms with E-state index in [2.05, 4.69) is 86.8 Å². The first kappa shape index (κ1) is 50.2. The van der Waals surface area contributed by atoms with E-state index < -0.39 is 61.3 Å². The van der Waals surface area contributed by atoms with E-state index in [0.29, 0.717) is 19.3 Å². The highest BCUT2D eigenvalue weighted by Crippen LogP contribution is 2.24. The van der Waals surface area contributed by atoms with Crippen molar-refractivity contribution in [2.45, 2.75) is 179 Å². The van der Waals surface area contributed by atoms with Crippen molar-refractivity contribution in [2.75, 3.05) is 13.2 Å². The van der Waals surface area contributed by atoms with Crippen molar-refractivity contribution in [3.05, 3.63) is 72.9 Å². The lowest BCUT2D eigenvalue weighted by Gasteiger charge is -2.40. The van der Waals surface area contributed by atoms with E-state index in [-0.39, 0.29) is 19.4 Å². The summed E-state index contributed by atoms with van der Waals surface area (Å²) in [5.41, 5.74) is 0. The molecule has 0 aliphatic carbocycles. The first-order valence-electron chi connectivity index (χ1n) is 21.0. The monoisotopic (exact) mass is 775 g/mol. The highest BCUT2D eigenvalue weighted by Gasteiger charge is 2.44. The second kappa shape index (κ2) is 34.4. The second-order valence-corrected chi connectivity index (χ2v) is 14.3. The third-order valence-corrected chi connectivity index (χ3v) is 9.47. The van der Waals surface area contributed by atoms with Crippen LogP contribution in [0.1, 0.15) is 142 Å². The van der Waals surface area contributed by atoms with E-state index in [0.717, 1.165) is 96.3 Å². The molecule has 1 aliphatic rings. The molecule has 1 rings (SSSR count). The van der Waals surface area contributed by atoms with Crippen LogP contribution in [-0.4, -0.2) is 87.5 Å². The number of hydrogen-bond donors (Lipinski definition) is 5. The van der Waals surface area contributed by atoms with Gasteiger partial charge in [0.25, 0.3) is 0 Å². The minimum Gasteiger partial charge on any atom is -0.481 e. The van der Waals surface area contributed by atoms with Crippen LogP contribution >= 0.6 is 0 Å². The molecular formula is C45H74O10. The van der Waals surface area contributed by atoms with Gasteiger partial charge in [-0.25, -0.2) is 0 Å². The zero-order chi connectivity index (χ0) is 40.4. The van der Waals surface area contributed by atoms with E-state index >= 15 is 0 Å². The average Bonchev–Trinajstić information content (AvgIpc) is 3.17. The summed E-state index contributed by atoms with van der Waals surface area (Å²) >= 11 is 0.